The molecule has 5 heteroatoms. The van der Waals surface area contributed by atoms with Gasteiger partial charge >= 0.3 is 5.97 Å². The summed E-state index contributed by atoms with van der Waals surface area (Å²) in [4.78, 5) is 15.8. The van der Waals surface area contributed by atoms with Crippen molar-refractivity contribution in [2.75, 3.05) is 0 Å². The summed E-state index contributed by atoms with van der Waals surface area (Å²) < 4.78 is 0. The SMILES string of the molecule is CCCCCCCCC(O)c1ccc2ccc(C(O)Cc3cccc(C(=O)O)c3)nc2c1. The zero-order valence-electron chi connectivity index (χ0n) is 18.7. The van der Waals surface area contributed by atoms with Crippen LogP contribution >= 0.6 is 0 Å². The lowest BCUT2D eigenvalue weighted by Gasteiger charge is -2.14. The molecule has 0 bridgehead atoms. The number of aromatic nitrogens is 1. The number of nitrogens with zero attached hydrogens (tertiary/aromatic N) is 1. The van der Waals surface area contributed by atoms with E-state index in [1.807, 2.05) is 24.3 Å². The first-order valence-corrected chi connectivity index (χ1v) is 11.6. The lowest BCUT2D eigenvalue weighted by molar-refractivity contribution is 0.0696. The summed E-state index contributed by atoms with van der Waals surface area (Å²) in [6, 6.07) is 16.1. The fraction of sp³-hybridized carbons (Fsp3) is 0.407. The minimum absolute atomic E-state index is 0.199. The van der Waals surface area contributed by atoms with Gasteiger partial charge in [-0.2, -0.15) is 0 Å². The van der Waals surface area contributed by atoms with Crippen LogP contribution in [-0.2, 0) is 6.42 Å². The van der Waals surface area contributed by atoms with Crippen LogP contribution in [0, 0.1) is 0 Å². The Kier molecular flexibility index (Phi) is 8.77. The number of rotatable bonds is 12. The van der Waals surface area contributed by atoms with E-state index in [4.69, 9.17) is 5.11 Å². The number of hydrogen-bond acceptors (Lipinski definition) is 4. The van der Waals surface area contributed by atoms with Gasteiger partial charge in [-0.15, -0.1) is 0 Å². The Hall–Kier alpha value is -2.76. The highest BCUT2D eigenvalue weighted by Gasteiger charge is 2.14. The molecule has 32 heavy (non-hydrogen) atoms. The van der Waals surface area contributed by atoms with Gasteiger partial charge in [-0.3, -0.25) is 4.98 Å². The Morgan fingerprint density at radius 1 is 0.906 bits per heavy atom. The maximum absolute atomic E-state index is 11.2. The van der Waals surface area contributed by atoms with Crippen LogP contribution in [-0.4, -0.2) is 26.3 Å². The Bertz CT molecular complexity index is 1030. The summed E-state index contributed by atoms with van der Waals surface area (Å²) in [5.41, 5.74) is 3.05. The summed E-state index contributed by atoms with van der Waals surface area (Å²) in [5.74, 6) is -0.989. The van der Waals surface area contributed by atoms with Gasteiger partial charge < -0.3 is 15.3 Å². The molecule has 0 aliphatic heterocycles. The number of benzene rings is 2. The Morgan fingerprint density at radius 2 is 1.66 bits per heavy atom. The van der Waals surface area contributed by atoms with Crippen LogP contribution in [0.4, 0.5) is 0 Å². The minimum atomic E-state index is -0.989. The van der Waals surface area contributed by atoms with E-state index in [1.54, 1.807) is 24.3 Å². The molecule has 3 aromatic rings. The maximum atomic E-state index is 11.2. The fourth-order valence-corrected chi connectivity index (χ4v) is 3.99. The summed E-state index contributed by atoms with van der Waals surface area (Å²) >= 11 is 0. The molecule has 2 unspecified atom stereocenters. The van der Waals surface area contributed by atoms with Crippen LogP contribution in [0.2, 0.25) is 0 Å². The van der Waals surface area contributed by atoms with E-state index in [0.29, 0.717) is 5.69 Å². The Balaban J connectivity index is 1.66. The number of carboxylic acid groups (broad SMARTS) is 1. The number of aliphatic hydroxyl groups excluding tert-OH is 2. The molecule has 0 saturated heterocycles. The number of pyridine rings is 1. The summed E-state index contributed by atoms with van der Waals surface area (Å²) in [6.07, 6.45) is 6.79. The second-order valence-corrected chi connectivity index (χ2v) is 8.49. The third-order valence-electron chi connectivity index (χ3n) is 5.90. The third kappa shape index (κ3) is 6.62. The average Bonchev–Trinajstić information content (AvgIpc) is 2.80. The Morgan fingerprint density at radius 3 is 2.44 bits per heavy atom. The third-order valence-corrected chi connectivity index (χ3v) is 5.90. The van der Waals surface area contributed by atoms with Gasteiger partial charge in [0.05, 0.1) is 29.0 Å². The fourth-order valence-electron chi connectivity index (χ4n) is 3.99. The number of hydrogen-bond donors (Lipinski definition) is 3. The van der Waals surface area contributed by atoms with Crippen molar-refractivity contribution in [2.24, 2.45) is 0 Å². The van der Waals surface area contributed by atoms with Gasteiger partial charge in [-0.1, -0.05) is 75.8 Å². The van der Waals surface area contributed by atoms with Gasteiger partial charge in [0, 0.05) is 11.8 Å². The number of aliphatic hydroxyl groups is 2. The molecule has 0 aliphatic carbocycles. The highest BCUT2D eigenvalue weighted by atomic mass is 16.4. The highest BCUT2D eigenvalue weighted by Crippen LogP contribution is 2.26. The number of carboxylic acids is 1. The summed E-state index contributed by atoms with van der Waals surface area (Å²) in [5, 5.41) is 31.4. The lowest BCUT2D eigenvalue weighted by atomic mass is 9.99. The normalized spacial score (nSPS) is 13.2. The van der Waals surface area contributed by atoms with Gasteiger partial charge in [-0.05, 0) is 41.8 Å². The molecule has 2 atom stereocenters. The van der Waals surface area contributed by atoms with E-state index in [9.17, 15) is 15.0 Å². The van der Waals surface area contributed by atoms with Crippen molar-refractivity contribution in [3.63, 3.8) is 0 Å². The average molecular weight is 436 g/mol. The highest BCUT2D eigenvalue weighted by molar-refractivity contribution is 5.87. The summed E-state index contributed by atoms with van der Waals surface area (Å²) in [7, 11) is 0. The molecule has 5 nitrogen and oxygen atoms in total. The minimum Gasteiger partial charge on any atom is -0.478 e. The molecule has 3 rings (SSSR count). The van der Waals surface area contributed by atoms with Crippen LogP contribution in [0.15, 0.2) is 54.6 Å². The van der Waals surface area contributed by atoms with Crippen molar-refractivity contribution in [1.82, 2.24) is 4.98 Å². The van der Waals surface area contributed by atoms with Gasteiger partial charge in [0.25, 0.3) is 0 Å². The first kappa shape index (κ1) is 23.9. The van der Waals surface area contributed by atoms with Gasteiger partial charge in [0.15, 0.2) is 0 Å². The van der Waals surface area contributed by atoms with Crippen molar-refractivity contribution in [3.05, 3.63) is 77.0 Å². The predicted molar refractivity (Wildman–Crippen MR) is 127 cm³/mol. The number of aromatic carboxylic acids is 1. The molecule has 0 radical (unpaired) electrons. The molecule has 0 aliphatic rings. The standard InChI is InChI=1S/C27H33NO4/c1-2-3-4-5-6-7-11-25(29)21-13-12-20-14-15-23(28-24(20)18-21)26(30)17-19-9-8-10-22(16-19)27(31)32/h8-10,12-16,18,25-26,29-30H,2-7,11,17H2,1H3,(H,31,32). The van der Waals surface area contributed by atoms with E-state index < -0.39 is 18.2 Å². The topological polar surface area (TPSA) is 90.7 Å². The second kappa shape index (κ2) is 11.7. The molecular weight excluding hydrogens is 402 g/mol. The number of carbonyl (C=O) groups is 1. The molecule has 3 N–H and O–H groups in total. The van der Waals surface area contributed by atoms with Crippen molar-refractivity contribution >= 4 is 16.9 Å². The van der Waals surface area contributed by atoms with Crippen LogP contribution < -0.4 is 0 Å². The predicted octanol–water partition coefficient (Wildman–Crippen LogP) is 5.99. The van der Waals surface area contributed by atoms with Crippen molar-refractivity contribution in [3.8, 4) is 0 Å². The number of unbranched alkanes of at least 4 members (excludes halogenated alkanes) is 5. The van der Waals surface area contributed by atoms with Crippen LogP contribution in [0.3, 0.4) is 0 Å². The van der Waals surface area contributed by atoms with Gasteiger partial charge in [0.2, 0.25) is 0 Å². The largest absolute Gasteiger partial charge is 0.478 e. The molecule has 2 aromatic carbocycles. The second-order valence-electron chi connectivity index (χ2n) is 8.49. The van der Waals surface area contributed by atoms with Gasteiger partial charge in [-0.25, -0.2) is 4.79 Å². The maximum Gasteiger partial charge on any atom is 0.335 e. The molecule has 0 fully saturated rings. The zero-order chi connectivity index (χ0) is 22.9. The van der Waals surface area contributed by atoms with Crippen LogP contribution in [0.5, 0.6) is 0 Å². The lowest BCUT2D eigenvalue weighted by Crippen LogP contribution is -2.06. The molecule has 170 valence electrons. The van der Waals surface area contributed by atoms with E-state index in [1.165, 1.54) is 31.7 Å². The van der Waals surface area contributed by atoms with Crippen LogP contribution in [0.25, 0.3) is 10.9 Å². The molecule has 0 spiro atoms. The van der Waals surface area contributed by atoms with Crippen molar-refractivity contribution in [2.45, 2.75) is 70.5 Å². The quantitative estimate of drug-likeness (QED) is 0.304. The van der Waals surface area contributed by atoms with E-state index in [0.717, 1.165) is 41.3 Å². The van der Waals surface area contributed by atoms with Crippen molar-refractivity contribution in [1.29, 1.82) is 0 Å². The molecule has 1 heterocycles. The Labute approximate surface area is 189 Å². The molecule has 0 amide bonds. The summed E-state index contributed by atoms with van der Waals surface area (Å²) in [6.45, 7) is 2.21. The smallest absolute Gasteiger partial charge is 0.335 e. The van der Waals surface area contributed by atoms with E-state index in [-0.39, 0.29) is 12.0 Å². The van der Waals surface area contributed by atoms with Crippen molar-refractivity contribution < 1.29 is 20.1 Å². The zero-order valence-corrected chi connectivity index (χ0v) is 18.7. The van der Waals surface area contributed by atoms with E-state index >= 15 is 0 Å². The molecule has 0 saturated carbocycles. The van der Waals surface area contributed by atoms with Crippen LogP contribution in [0.1, 0.15) is 91.3 Å². The number of fused-ring (bicyclic) bond motifs is 1. The van der Waals surface area contributed by atoms with Gasteiger partial charge in [0.1, 0.15) is 0 Å². The first-order valence-electron chi connectivity index (χ1n) is 11.6. The van der Waals surface area contributed by atoms with E-state index in [2.05, 4.69) is 11.9 Å². The molecule has 1 aromatic heterocycles. The monoisotopic (exact) mass is 435 g/mol. The first-order chi connectivity index (χ1) is 15.5. The molecular formula is C27H33NO4.